The zero-order valence-electron chi connectivity index (χ0n) is 9.51. The van der Waals surface area contributed by atoms with E-state index in [2.05, 4.69) is 54.9 Å². The summed E-state index contributed by atoms with van der Waals surface area (Å²) in [5.74, 6) is 0.499. The lowest BCUT2D eigenvalue weighted by Crippen LogP contribution is -2.27. The number of hydrogen-bond acceptors (Lipinski definition) is 1. The lowest BCUT2D eigenvalue weighted by molar-refractivity contribution is 0.0597. The van der Waals surface area contributed by atoms with Gasteiger partial charge in [0.25, 0.3) is 0 Å². The highest BCUT2D eigenvalue weighted by Gasteiger charge is 2.30. The molecular weight excluding hydrogens is 252 g/mol. The minimum absolute atomic E-state index is 0.260. The van der Waals surface area contributed by atoms with E-state index < -0.39 is 0 Å². The number of ether oxygens (including phenoxy) is 1. The molecule has 1 aliphatic rings. The molecule has 82 valence electrons. The van der Waals surface area contributed by atoms with Crippen molar-refractivity contribution < 1.29 is 4.74 Å². The van der Waals surface area contributed by atoms with Crippen LogP contribution < -0.4 is 0 Å². The van der Waals surface area contributed by atoms with Crippen molar-refractivity contribution in [1.29, 1.82) is 0 Å². The lowest BCUT2D eigenvalue weighted by atomic mass is 9.75. The quantitative estimate of drug-likeness (QED) is 0.688. The summed E-state index contributed by atoms with van der Waals surface area (Å²) in [5, 5.41) is 0. The molecule has 1 nitrogen and oxygen atoms in total. The number of hydrogen-bond donors (Lipinski definition) is 0. The van der Waals surface area contributed by atoms with Crippen LogP contribution in [0.4, 0.5) is 0 Å². The van der Waals surface area contributed by atoms with E-state index in [1.807, 2.05) is 0 Å². The summed E-state index contributed by atoms with van der Waals surface area (Å²) in [5.41, 5.74) is 3.04. The topological polar surface area (TPSA) is 9.23 Å². The third-order valence-electron chi connectivity index (χ3n) is 3.07. The highest BCUT2D eigenvalue weighted by Crippen LogP contribution is 2.40. The second kappa shape index (κ2) is 3.91. The van der Waals surface area contributed by atoms with Crippen molar-refractivity contribution in [3.05, 3.63) is 33.8 Å². The fourth-order valence-corrected chi connectivity index (χ4v) is 2.49. The van der Waals surface area contributed by atoms with Crippen LogP contribution in [0.25, 0.3) is 0 Å². The Morgan fingerprint density at radius 3 is 2.73 bits per heavy atom. The van der Waals surface area contributed by atoms with Crippen molar-refractivity contribution in [1.82, 2.24) is 0 Å². The molecule has 0 bridgehead atoms. The maximum absolute atomic E-state index is 5.66. The van der Waals surface area contributed by atoms with Crippen molar-refractivity contribution in [2.75, 3.05) is 6.61 Å². The Labute approximate surface area is 100.0 Å². The second-order valence-electron chi connectivity index (χ2n) is 5.28. The number of fused-ring (bicyclic) bond motifs is 1. The normalized spacial score (nSPS) is 21.2. The number of rotatable bonds is 0. The van der Waals surface area contributed by atoms with Crippen molar-refractivity contribution >= 4 is 15.9 Å². The van der Waals surface area contributed by atoms with E-state index in [1.54, 1.807) is 0 Å². The monoisotopic (exact) mass is 268 g/mol. The average molecular weight is 269 g/mol. The number of halogens is 1. The van der Waals surface area contributed by atoms with Gasteiger partial charge in [-0.05, 0) is 28.7 Å². The maximum atomic E-state index is 5.66. The fourth-order valence-electron chi connectivity index (χ4n) is 2.11. The van der Waals surface area contributed by atoms with Gasteiger partial charge < -0.3 is 4.74 Å². The second-order valence-corrected chi connectivity index (χ2v) is 6.19. The van der Waals surface area contributed by atoms with Crippen LogP contribution in [0, 0.1) is 5.41 Å². The predicted octanol–water partition coefficient (Wildman–Crippen LogP) is 4.11. The molecule has 0 N–H and O–H groups in total. The Bertz CT molecular complexity index is 365. The Balaban J connectivity index is 2.45. The van der Waals surface area contributed by atoms with Crippen LogP contribution in [0.2, 0.25) is 0 Å². The molecule has 0 saturated carbocycles. The summed E-state index contributed by atoms with van der Waals surface area (Å²) in [6.07, 6.45) is 0. The minimum Gasteiger partial charge on any atom is -0.376 e. The first-order valence-corrected chi connectivity index (χ1v) is 6.14. The van der Waals surface area contributed by atoms with Crippen LogP contribution >= 0.6 is 15.9 Å². The van der Waals surface area contributed by atoms with Gasteiger partial charge in [0, 0.05) is 10.4 Å². The summed E-state index contributed by atoms with van der Waals surface area (Å²) in [6, 6.07) is 6.50. The van der Waals surface area contributed by atoms with Gasteiger partial charge in [-0.25, -0.2) is 0 Å². The first kappa shape index (κ1) is 11.2. The third-order valence-corrected chi connectivity index (χ3v) is 3.56. The number of benzene rings is 1. The average Bonchev–Trinajstić information content (AvgIpc) is 2.15. The molecule has 0 aromatic heterocycles. The van der Waals surface area contributed by atoms with Crippen molar-refractivity contribution in [2.24, 2.45) is 5.41 Å². The molecule has 0 radical (unpaired) electrons. The van der Waals surface area contributed by atoms with Gasteiger partial charge in [-0.3, -0.25) is 0 Å². The van der Waals surface area contributed by atoms with Crippen molar-refractivity contribution in [3.8, 4) is 0 Å². The van der Waals surface area contributed by atoms with Gasteiger partial charge in [0.05, 0.1) is 13.2 Å². The van der Waals surface area contributed by atoms with Gasteiger partial charge in [0.2, 0.25) is 0 Å². The molecule has 1 aromatic carbocycles. The highest BCUT2D eigenvalue weighted by molar-refractivity contribution is 9.10. The minimum atomic E-state index is 0.260. The third kappa shape index (κ3) is 2.26. The molecule has 2 heteroatoms. The zero-order valence-corrected chi connectivity index (χ0v) is 11.1. The van der Waals surface area contributed by atoms with Gasteiger partial charge in [-0.15, -0.1) is 0 Å². The molecule has 1 heterocycles. The first-order chi connectivity index (χ1) is 6.98. The molecule has 1 aromatic rings. The summed E-state index contributed by atoms with van der Waals surface area (Å²) < 4.78 is 6.82. The molecule has 2 rings (SSSR count). The standard InChI is InChI=1S/C13H17BrO/c1-13(2,3)12-8-15-7-9-4-5-10(14)6-11(9)12/h4-6,12H,7-8H2,1-3H3. The molecule has 0 aliphatic carbocycles. The molecule has 1 atom stereocenters. The Morgan fingerprint density at radius 2 is 2.07 bits per heavy atom. The Hall–Kier alpha value is -0.340. The van der Waals surface area contributed by atoms with Crippen LogP contribution in [-0.2, 0) is 11.3 Å². The molecular formula is C13H17BrO. The van der Waals surface area contributed by atoms with Crippen molar-refractivity contribution in [2.45, 2.75) is 33.3 Å². The van der Waals surface area contributed by atoms with Gasteiger partial charge in [0.15, 0.2) is 0 Å². The Kier molecular flexibility index (Phi) is 2.91. The van der Waals surface area contributed by atoms with Gasteiger partial charge in [-0.1, -0.05) is 42.8 Å². The van der Waals surface area contributed by atoms with E-state index in [-0.39, 0.29) is 5.41 Å². The summed E-state index contributed by atoms with van der Waals surface area (Å²) in [4.78, 5) is 0. The van der Waals surface area contributed by atoms with Crippen molar-refractivity contribution in [3.63, 3.8) is 0 Å². The van der Waals surface area contributed by atoms with Crippen LogP contribution in [-0.4, -0.2) is 6.61 Å². The summed E-state index contributed by atoms with van der Waals surface area (Å²) in [6.45, 7) is 8.42. The lowest BCUT2D eigenvalue weighted by Gasteiger charge is -2.35. The molecule has 0 fully saturated rings. The van der Waals surface area contributed by atoms with Crippen LogP contribution in [0.5, 0.6) is 0 Å². The largest absolute Gasteiger partial charge is 0.376 e. The first-order valence-electron chi connectivity index (χ1n) is 5.34. The smallest absolute Gasteiger partial charge is 0.0719 e. The van der Waals surface area contributed by atoms with E-state index in [1.165, 1.54) is 11.1 Å². The SMILES string of the molecule is CC(C)(C)C1COCc2ccc(Br)cc21. The molecule has 1 unspecified atom stereocenters. The molecule has 0 amide bonds. The van der Waals surface area contributed by atoms with Crippen LogP contribution in [0.3, 0.4) is 0 Å². The van der Waals surface area contributed by atoms with Gasteiger partial charge >= 0.3 is 0 Å². The van der Waals surface area contributed by atoms with E-state index in [0.29, 0.717) is 5.92 Å². The zero-order chi connectivity index (χ0) is 11.1. The molecule has 0 spiro atoms. The molecule has 0 saturated heterocycles. The fraction of sp³-hybridized carbons (Fsp3) is 0.538. The van der Waals surface area contributed by atoms with E-state index >= 15 is 0 Å². The van der Waals surface area contributed by atoms with E-state index in [9.17, 15) is 0 Å². The van der Waals surface area contributed by atoms with E-state index in [4.69, 9.17) is 4.74 Å². The highest BCUT2D eigenvalue weighted by atomic mass is 79.9. The van der Waals surface area contributed by atoms with Gasteiger partial charge in [0.1, 0.15) is 0 Å². The van der Waals surface area contributed by atoms with Gasteiger partial charge in [-0.2, -0.15) is 0 Å². The summed E-state index contributed by atoms with van der Waals surface area (Å²) in [7, 11) is 0. The van der Waals surface area contributed by atoms with E-state index in [0.717, 1.165) is 17.7 Å². The summed E-state index contributed by atoms with van der Waals surface area (Å²) >= 11 is 3.54. The van der Waals surface area contributed by atoms with Crippen LogP contribution in [0.1, 0.15) is 37.8 Å². The molecule has 1 aliphatic heterocycles. The van der Waals surface area contributed by atoms with Crippen LogP contribution in [0.15, 0.2) is 22.7 Å². The maximum Gasteiger partial charge on any atom is 0.0719 e. The Morgan fingerprint density at radius 1 is 1.33 bits per heavy atom. The predicted molar refractivity (Wildman–Crippen MR) is 66.0 cm³/mol. The molecule has 15 heavy (non-hydrogen) atoms.